The molecule has 0 radical (unpaired) electrons. The van der Waals surface area contributed by atoms with Crippen LogP contribution in [0.3, 0.4) is 0 Å². The van der Waals surface area contributed by atoms with E-state index in [0.29, 0.717) is 5.75 Å². The van der Waals surface area contributed by atoms with E-state index in [0.717, 1.165) is 0 Å². The Morgan fingerprint density at radius 1 is 1.04 bits per heavy atom. The van der Waals surface area contributed by atoms with Gasteiger partial charge in [0, 0.05) is 6.42 Å². The molecule has 0 bridgehead atoms. The highest BCUT2D eigenvalue weighted by molar-refractivity contribution is 7.98. The maximum atomic E-state index is 11.7. The van der Waals surface area contributed by atoms with Gasteiger partial charge in [-0.25, -0.2) is 4.79 Å². The van der Waals surface area contributed by atoms with Crippen LogP contribution in [0.5, 0.6) is 0 Å². The molecule has 0 aliphatic carbocycles. The summed E-state index contributed by atoms with van der Waals surface area (Å²) in [7, 11) is 0. The number of rotatable bonds is 13. The highest BCUT2D eigenvalue weighted by Gasteiger charge is 2.20. The average molecular weight is 391 g/mol. The van der Waals surface area contributed by atoms with Crippen molar-refractivity contribution in [1.29, 1.82) is 0 Å². The van der Waals surface area contributed by atoms with Crippen LogP contribution in [0, 0.1) is 0 Å². The van der Waals surface area contributed by atoms with Gasteiger partial charge in [-0.1, -0.05) is 0 Å². The van der Waals surface area contributed by atoms with Gasteiger partial charge in [0.15, 0.2) is 0 Å². The van der Waals surface area contributed by atoms with Crippen LogP contribution in [-0.2, 0) is 24.0 Å². The first-order valence-corrected chi connectivity index (χ1v) is 9.16. The number of aliphatic carboxylic acids is 1. The van der Waals surface area contributed by atoms with Gasteiger partial charge in [0.2, 0.25) is 23.6 Å². The Kier molecular flexibility index (Phi) is 11.8. The second-order valence-corrected chi connectivity index (χ2v) is 6.33. The first kappa shape index (κ1) is 23.7. The highest BCUT2D eigenvalue weighted by Crippen LogP contribution is 2.00. The number of hydrogen-bond acceptors (Lipinski definition) is 7. The third-order valence-electron chi connectivity index (χ3n) is 3.15. The number of carbonyl (C=O) groups excluding carboxylic acids is 4. The molecule has 2 unspecified atom stereocenters. The smallest absolute Gasteiger partial charge is 0.326 e. The minimum atomic E-state index is -1.16. The lowest BCUT2D eigenvalue weighted by molar-refractivity contribution is -0.141. The predicted octanol–water partition coefficient (Wildman–Crippen LogP) is -2.87. The molecule has 0 aromatic rings. The van der Waals surface area contributed by atoms with Crippen molar-refractivity contribution in [3.8, 4) is 0 Å². The average Bonchev–Trinajstić information content (AvgIpc) is 2.58. The summed E-state index contributed by atoms with van der Waals surface area (Å²) < 4.78 is 0. The van der Waals surface area contributed by atoms with Crippen molar-refractivity contribution in [3.63, 3.8) is 0 Å². The second kappa shape index (κ2) is 12.9. The number of thioether (sulfide) groups is 1. The van der Waals surface area contributed by atoms with Crippen molar-refractivity contribution in [3.05, 3.63) is 0 Å². The number of primary amides is 1. The molecule has 26 heavy (non-hydrogen) atoms. The Morgan fingerprint density at radius 3 is 2.19 bits per heavy atom. The van der Waals surface area contributed by atoms with Gasteiger partial charge in [0.05, 0.1) is 19.1 Å². The minimum absolute atomic E-state index is 0.0533. The molecule has 0 aliphatic rings. The molecule has 0 spiro atoms. The summed E-state index contributed by atoms with van der Waals surface area (Å²) in [5, 5.41) is 15.8. The zero-order chi connectivity index (χ0) is 20.1. The number of hydrogen-bond donors (Lipinski definition) is 6. The Labute approximate surface area is 155 Å². The fraction of sp³-hybridized carbons (Fsp3) is 0.643. The summed E-state index contributed by atoms with van der Waals surface area (Å²) in [6, 6.07) is -2.01. The summed E-state index contributed by atoms with van der Waals surface area (Å²) in [5.74, 6) is -3.12. The van der Waals surface area contributed by atoms with Crippen LogP contribution >= 0.6 is 11.8 Å². The van der Waals surface area contributed by atoms with E-state index in [2.05, 4.69) is 16.0 Å². The van der Waals surface area contributed by atoms with E-state index in [1.165, 1.54) is 11.8 Å². The van der Waals surface area contributed by atoms with Crippen molar-refractivity contribution < 1.29 is 29.1 Å². The lowest BCUT2D eigenvalue weighted by Gasteiger charge is -2.14. The zero-order valence-electron chi connectivity index (χ0n) is 14.4. The van der Waals surface area contributed by atoms with E-state index in [9.17, 15) is 24.0 Å². The molecule has 0 saturated carbocycles. The van der Waals surface area contributed by atoms with Crippen molar-refractivity contribution in [1.82, 2.24) is 16.0 Å². The van der Waals surface area contributed by atoms with Gasteiger partial charge >= 0.3 is 5.97 Å². The number of carboxylic acids is 1. The fourth-order valence-electron chi connectivity index (χ4n) is 1.71. The monoisotopic (exact) mass is 391 g/mol. The lowest BCUT2D eigenvalue weighted by atomic mass is 10.1. The molecule has 0 aromatic carbocycles. The quantitative estimate of drug-likeness (QED) is 0.193. The zero-order valence-corrected chi connectivity index (χ0v) is 15.3. The van der Waals surface area contributed by atoms with Gasteiger partial charge in [0.1, 0.15) is 6.04 Å². The maximum absolute atomic E-state index is 11.7. The Morgan fingerprint density at radius 2 is 1.65 bits per heavy atom. The van der Waals surface area contributed by atoms with Gasteiger partial charge in [-0.15, -0.1) is 0 Å². The SMILES string of the molecule is CSCCC(NC(=O)CNC(=O)CNC(=O)C(N)CCC(N)=O)C(=O)O. The maximum Gasteiger partial charge on any atom is 0.326 e. The lowest BCUT2D eigenvalue weighted by Crippen LogP contribution is -2.48. The molecule has 0 aromatic heterocycles. The van der Waals surface area contributed by atoms with Gasteiger partial charge < -0.3 is 32.5 Å². The largest absolute Gasteiger partial charge is 0.480 e. The van der Waals surface area contributed by atoms with Crippen LogP contribution in [0.4, 0.5) is 0 Å². The van der Waals surface area contributed by atoms with E-state index < -0.39 is 54.8 Å². The molecule has 8 N–H and O–H groups in total. The minimum Gasteiger partial charge on any atom is -0.480 e. The fourth-order valence-corrected chi connectivity index (χ4v) is 2.18. The van der Waals surface area contributed by atoms with Gasteiger partial charge in [0.25, 0.3) is 0 Å². The van der Waals surface area contributed by atoms with E-state index in [4.69, 9.17) is 16.6 Å². The molecule has 0 fully saturated rings. The Balaban J connectivity index is 4.13. The third-order valence-corrected chi connectivity index (χ3v) is 3.80. The van der Waals surface area contributed by atoms with E-state index in [1.807, 2.05) is 6.26 Å². The predicted molar refractivity (Wildman–Crippen MR) is 95.0 cm³/mol. The molecular weight excluding hydrogens is 366 g/mol. The van der Waals surface area contributed by atoms with E-state index in [-0.39, 0.29) is 19.3 Å². The molecular formula is C14H25N5O6S. The summed E-state index contributed by atoms with van der Waals surface area (Å²) in [6.07, 6.45) is 2.07. The van der Waals surface area contributed by atoms with Crippen LogP contribution in [0.1, 0.15) is 19.3 Å². The van der Waals surface area contributed by atoms with Gasteiger partial charge in [-0.3, -0.25) is 19.2 Å². The number of amides is 4. The number of carboxylic acid groups (broad SMARTS) is 1. The highest BCUT2D eigenvalue weighted by atomic mass is 32.2. The van der Waals surface area contributed by atoms with Crippen LogP contribution in [0.2, 0.25) is 0 Å². The van der Waals surface area contributed by atoms with Crippen LogP contribution in [0.25, 0.3) is 0 Å². The normalized spacial score (nSPS) is 12.5. The van der Waals surface area contributed by atoms with E-state index in [1.54, 1.807) is 0 Å². The van der Waals surface area contributed by atoms with Crippen molar-refractivity contribution >= 4 is 41.4 Å². The Hall–Kier alpha value is -2.34. The number of carbonyl (C=O) groups is 5. The van der Waals surface area contributed by atoms with Gasteiger partial charge in [-0.2, -0.15) is 11.8 Å². The van der Waals surface area contributed by atoms with E-state index >= 15 is 0 Å². The molecule has 0 aliphatic heterocycles. The molecule has 11 nitrogen and oxygen atoms in total. The summed E-state index contributed by atoms with van der Waals surface area (Å²) in [5.41, 5.74) is 10.5. The summed E-state index contributed by atoms with van der Waals surface area (Å²) in [4.78, 5) is 56.5. The molecule has 0 saturated heterocycles. The standard InChI is InChI=1S/C14H25N5O6S/c1-26-5-4-9(14(24)25)19-12(22)7-17-11(21)6-18-13(23)8(15)2-3-10(16)20/h8-9H,2-7,15H2,1H3,(H2,16,20)(H,17,21)(H,18,23)(H,19,22)(H,24,25). The third kappa shape index (κ3) is 11.3. The Bertz CT molecular complexity index is 530. The molecule has 0 heterocycles. The van der Waals surface area contributed by atoms with Crippen LogP contribution in [0.15, 0.2) is 0 Å². The first-order chi connectivity index (χ1) is 12.2. The van der Waals surface area contributed by atoms with Gasteiger partial charge in [-0.05, 0) is 24.9 Å². The molecule has 0 rings (SSSR count). The molecule has 148 valence electrons. The summed E-state index contributed by atoms with van der Waals surface area (Å²) >= 11 is 1.45. The van der Waals surface area contributed by atoms with Crippen molar-refractivity contribution in [2.75, 3.05) is 25.1 Å². The van der Waals surface area contributed by atoms with Crippen molar-refractivity contribution in [2.45, 2.75) is 31.3 Å². The second-order valence-electron chi connectivity index (χ2n) is 5.35. The number of nitrogens with two attached hydrogens (primary N) is 2. The first-order valence-electron chi connectivity index (χ1n) is 7.76. The molecule has 4 amide bonds. The van der Waals surface area contributed by atoms with Crippen LogP contribution in [-0.4, -0.2) is 71.9 Å². The van der Waals surface area contributed by atoms with Crippen LogP contribution < -0.4 is 27.4 Å². The molecule has 2 atom stereocenters. The van der Waals surface area contributed by atoms with Crippen molar-refractivity contribution in [2.24, 2.45) is 11.5 Å². The number of nitrogens with one attached hydrogen (secondary N) is 3. The topological polar surface area (TPSA) is 194 Å². The molecule has 12 heteroatoms. The summed E-state index contributed by atoms with van der Waals surface area (Å²) in [6.45, 7) is -0.837.